The van der Waals surface area contributed by atoms with Gasteiger partial charge in [0.2, 0.25) is 0 Å². The van der Waals surface area contributed by atoms with Gasteiger partial charge < -0.3 is 15.8 Å². The summed E-state index contributed by atoms with van der Waals surface area (Å²) in [7, 11) is 3.56. The van der Waals surface area contributed by atoms with Gasteiger partial charge in [-0.3, -0.25) is 4.68 Å². The minimum atomic E-state index is 0.225. The van der Waals surface area contributed by atoms with Crippen molar-refractivity contribution < 1.29 is 4.74 Å². The van der Waals surface area contributed by atoms with Crippen LogP contribution in [0.2, 0.25) is 0 Å². The first-order valence-electron chi connectivity index (χ1n) is 5.60. The van der Waals surface area contributed by atoms with E-state index in [1.165, 1.54) is 0 Å². The van der Waals surface area contributed by atoms with Gasteiger partial charge in [0.15, 0.2) is 0 Å². The first kappa shape index (κ1) is 13.9. The van der Waals surface area contributed by atoms with E-state index in [0.717, 1.165) is 23.5 Å². The Hall–Kier alpha value is -1.14. The lowest BCUT2D eigenvalue weighted by molar-refractivity contribution is 0.184. The number of hydrogen-bond acceptors (Lipinski definition) is 4. The second-order valence-corrected chi connectivity index (χ2v) is 4.44. The minimum Gasteiger partial charge on any atom is -0.389 e. The average Bonchev–Trinajstić information content (AvgIpc) is 2.53. The third-order valence-electron chi connectivity index (χ3n) is 2.67. The van der Waals surface area contributed by atoms with E-state index in [0.29, 0.717) is 11.6 Å². The van der Waals surface area contributed by atoms with Gasteiger partial charge >= 0.3 is 0 Å². The second-order valence-electron chi connectivity index (χ2n) is 4.00. The smallest absolute Gasteiger partial charge is 0.134 e. The molecule has 0 aliphatic carbocycles. The zero-order valence-electron chi connectivity index (χ0n) is 10.8. The Morgan fingerprint density at radius 1 is 1.65 bits per heavy atom. The monoisotopic (exact) mass is 256 g/mol. The summed E-state index contributed by atoms with van der Waals surface area (Å²) in [6, 6.07) is 0.225. The van der Waals surface area contributed by atoms with E-state index >= 15 is 0 Å². The molecule has 0 saturated heterocycles. The molecule has 6 heteroatoms. The van der Waals surface area contributed by atoms with Crippen LogP contribution in [0, 0.1) is 6.92 Å². The normalized spacial score (nSPS) is 12.5. The van der Waals surface area contributed by atoms with E-state index in [1.54, 1.807) is 11.8 Å². The van der Waals surface area contributed by atoms with Crippen molar-refractivity contribution in [3.05, 3.63) is 11.3 Å². The highest BCUT2D eigenvalue weighted by Gasteiger charge is 2.17. The molecule has 1 aromatic rings. The van der Waals surface area contributed by atoms with Crippen molar-refractivity contribution in [1.29, 1.82) is 0 Å². The Bertz CT molecular complexity index is 402. The Balaban J connectivity index is 3.00. The number of nitrogens with zero attached hydrogens (tertiary/aromatic N) is 2. The predicted molar refractivity (Wildman–Crippen MR) is 73.4 cm³/mol. The van der Waals surface area contributed by atoms with Crippen molar-refractivity contribution in [2.75, 3.05) is 19.0 Å². The fourth-order valence-corrected chi connectivity index (χ4v) is 2.02. The van der Waals surface area contributed by atoms with Crippen molar-refractivity contribution in [2.45, 2.75) is 26.3 Å². The summed E-state index contributed by atoms with van der Waals surface area (Å²) in [5.41, 5.74) is 7.39. The zero-order chi connectivity index (χ0) is 13.0. The van der Waals surface area contributed by atoms with Crippen LogP contribution in [-0.2, 0) is 11.8 Å². The quantitative estimate of drug-likeness (QED) is 0.749. The van der Waals surface area contributed by atoms with E-state index in [-0.39, 0.29) is 6.04 Å². The molecular formula is C11H20N4OS. The average molecular weight is 256 g/mol. The third-order valence-corrected chi connectivity index (χ3v) is 2.87. The van der Waals surface area contributed by atoms with Gasteiger partial charge in [-0.05, 0) is 13.3 Å². The van der Waals surface area contributed by atoms with Crippen LogP contribution in [0.15, 0.2) is 0 Å². The van der Waals surface area contributed by atoms with E-state index in [2.05, 4.69) is 17.3 Å². The fourth-order valence-electron chi connectivity index (χ4n) is 1.77. The number of nitrogens with two attached hydrogens (primary N) is 1. The van der Waals surface area contributed by atoms with Crippen molar-refractivity contribution in [2.24, 2.45) is 12.8 Å². The van der Waals surface area contributed by atoms with Gasteiger partial charge in [0.05, 0.1) is 23.9 Å². The Kier molecular flexibility index (Phi) is 4.89. The SMILES string of the molecule is CCC(COC)Nc1c(C(N)=S)c(C)nn1C. The molecule has 96 valence electrons. The van der Waals surface area contributed by atoms with E-state index in [9.17, 15) is 0 Å². The summed E-state index contributed by atoms with van der Waals surface area (Å²) < 4.78 is 6.92. The van der Waals surface area contributed by atoms with Gasteiger partial charge in [0, 0.05) is 14.2 Å². The molecule has 0 bridgehead atoms. The topological polar surface area (TPSA) is 65.1 Å². The summed E-state index contributed by atoms with van der Waals surface area (Å²) >= 11 is 5.06. The highest BCUT2D eigenvalue weighted by Crippen LogP contribution is 2.20. The molecule has 0 spiro atoms. The largest absolute Gasteiger partial charge is 0.389 e. The Morgan fingerprint density at radius 2 is 2.29 bits per heavy atom. The van der Waals surface area contributed by atoms with Crippen molar-refractivity contribution in [3.8, 4) is 0 Å². The minimum absolute atomic E-state index is 0.225. The van der Waals surface area contributed by atoms with Gasteiger partial charge in [-0.15, -0.1) is 0 Å². The van der Waals surface area contributed by atoms with E-state index in [4.69, 9.17) is 22.7 Å². The highest BCUT2D eigenvalue weighted by atomic mass is 32.1. The molecule has 1 aromatic heterocycles. The number of aryl methyl sites for hydroxylation is 2. The molecule has 0 saturated carbocycles. The number of nitrogens with one attached hydrogen (secondary N) is 1. The summed E-state index contributed by atoms with van der Waals surface area (Å²) in [5, 5.41) is 7.70. The fraction of sp³-hybridized carbons (Fsp3) is 0.636. The molecule has 0 aliphatic rings. The first-order chi connectivity index (χ1) is 8.01. The Morgan fingerprint density at radius 3 is 2.76 bits per heavy atom. The third kappa shape index (κ3) is 3.17. The summed E-state index contributed by atoms with van der Waals surface area (Å²) in [5.74, 6) is 0.860. The number of rotatable bonds is 6. The van der Waals surface area contributed by atoms with Crippen molar-refractivity contribution in [3.63, 3.8) is 0 Å². The van der Waals surface area contributed by atoms with Crippen LogP contribution in [0.25, 0.3) is 0 Å². The number of anilines is 1. The van der Waals surface area contributed by atoms with Crippen LogP contribution < -0.4 is 11.1 Å². The number of methoxy groups -OCH3 is 1. The number of ether oxygens (including phenoxy) is 1. The van der Waals surface area contributed by atoms with Gasteiger partial charge in [-0.25, -0.2) is 0 Å². The molecule has 1 unspecified atom stereocenters. The van der Waals surface area contributed by atoms with Crippen LogP contribution in [0.3, 0.4) is 0 Å². The van der Waals surface area contributed by atoms with Crippen LogP contribution >= 0.6 is 12.2 Å². The molecule has 1 atom stereocenters. The molecule has 0 amide bonds. The molecule has 3 N–H and O–H groups in total. The van der Waals surface area contributed by atoms with Crippen molar-refractivity contribution in [1.82, 2.24) is 9.78 Å². The van der Waals surface area contributed by atoms with Crippen molar-refractivity contribution >= 4 is 23.0 Å². The maximum Gasteiger partial charge on any atom is 0.134 e. The van der Waals surface area contributed by atoms with Gasteiger partial charge in [0.25, 0.3) is 0 Å². The van der Waals surface area contributed by atoms with Gasteiger partial charge in [-0.2, -0.15) is 5.10 Å². The predicted octanol–water partition coefficient (Wildman–Crippen LogP) is 1.20. The molecule has 0 aromatic carbocycles. The molecule has 1 rings (SSSR count). The summed E-state index contributed by atoms with van der Waals surface area (Å²) in [6.45, 7) is 4.63. The van der Waals surface area contributed by atoms with Crippen LogP contribution in [0.5, 0.6) is 0 Å². The second kappa shape index (κ2) is 5.97. The molecule has 0 fully saturated rings. The van der Waals surface area contributed by atoms with Crippen LogP contribution in [0.1, 0.15) is 24.6 Å². The maximum absolute atomic E-state index is 5.73. The maximum atomic E-state index is 5.73. The molecule has 0 radical (unpaired) electrons. The van der Waals surface area contributed by atoms with E-state index in [1.807, 2.05) is 14.0 Å². The number of aromatic nitrogens is 2. The summed E-state index contributed by atoms with van der Waals surface area (Å²) in [4.78, 5) is 0.366. The molecule has 17 heavy (non-hydrogen) atoms. The molecule has 1 heterocycles. The molecular weight excluding hydrogens is 236 g/mol. The lowest BCUT2D eigenvalue weighted by Gasteiger charge is -2.18. The van der Waals surface area contributed by atoms with Crippen LogP contribution in [0.4, 0.5) is 5.82 Å². The first-order valence-corrected chi connectivity index (χ1v) is 6.00. The summed E-state index contributed by atoms with van der Waals surface area (Å²) in [6.07, 6.45) is 0.953. The molecule has 0 aliphatic heterocycles. The lowest BCUT2D eigenvalue weighted by atomic mass is 10.2. The highest BCUT2D eigenvalue weighted by molar-refractivity contribution is 7.80. The standard InChI is InChI=1S/C11H20N4OS/c1-5-8(6-16-4)13-11-9(10(12)17)7(2)14-15(11)3/h8,13H,5-6H2,1-4H3,(H2,12,17). The van der Waals surface area contributed by atoms with Gasteiger partial charge in [0.1, 0.15) is 10.8 Å². The number of hydrogen-bond donors (Lipinski definition) is 2. The lowest BCUT2D eigenvalue weighted by Crippen LogP contribution is -2.27. The van der Waals surface area contributed by atoms with Gasteiger partial charge in [-0.1, -0.05) is 19.1 Å². The van der Waals surface area contributed by atoms with E-state index < -0.39 is 0 Å². The molecule has 5 nitrogen and oxygen atoms in total. The number of thiocarbonyl (C=S) groups is 1. The Labute approximate surface area is 107 Å². The van der Waals surface area contributed by atoms with Crippen LogP contribution in [-0.4, -0.2) is 34.5 Å². The zero-order valence-corrected chi connectivity index (χ0v) is 11.6.